The van der Waals surface area contributed by atoms with E-state index < -0.39 is 0 Å². The fourth-order valence-electron chi connectivity index (χ4n) is 2.00. The van der Waals surface area contributed by atoms with Crippen LogP contribution in [0, 0.1) is 6.92 Å². The zero-order valence-corrected chi connectivity index (χ0v) is 12.7. The Balaban J connectivity index is 2.20. The zero-order valence-electron chi connectivity index (χ0n) is 10.3. The molecule has 2 rings (SSSR count). The van der Waals surface area contributed by atoms with Crippen LogP contribution in [-0.2, 0) is 6.42 Å². The second-order valence-corrected chi connectivity index (χ2v) is 5.86. The van der Waals surface area contributed by atoms with E-state index in [0.717, 1.165) is 6.42 Å². The highest BCUT2D eigenvalue weighted by Gasteiger charge is 2.13. The molecule has 1 nitrogen and oxygen atoms in total. The van der Waals surface area contributed by atoms with Gasteiger partial charge in [-0.1, -0.05) is 29.3 Å². The third-order valence-corrected chi connectivity index (χ3v) is 4.66. The van der Waals surface area contributed by atoms with Gasteiger partial charge >= 0.3 is 0 Å². The average Bonchev–Trinajstić information content (AvgIpc) is 2.77. The smallest absolute Gasteiger partial charge is 0.0595 e. The maximum atomic E-state index is 6.05. The van der Waals surface area contributed by atoms with Gasteiger partial charge in [-0.15, -0.1) is 0 Å². The van der Waals surface area contributed by atoms with Crippen LogP contribution in [-0.4, -0.2) is 7.05 Å². The van der Waals surface area contributed by atoms with Gasteiger partial charge in [0.2, 0.25) is 0 Å². The molecule has 0 radical (unpaired) electrons. The van der Waals surface area contributed by atoms with E-state index in [0.29, 0.717) is 16.1 Å². The van der Waals surface area contributed by atoms with E-state index in [2.05, 4.69) is 23.0 Å². The molecule has 0 spiro atoms. The van der Waals surface area contributed by atoms with E-state index >= 15 is 0 Å². The molecule has 1 atom stereocenters. The van der Waals surface area contributed by atoms with E-state index in [-0.39, 0.29) is 0 Å². The number of likely N-dealkylation sites (N-methyl/N-ethyl adjacent to an activating group) is 1. The Kier molecular flexibility index (Phi) is 4.68. The Morgan fingerprint density at radius 2 is 2.00 bits per heavy atom. The van der Waals surface area contributed by atoms with Gasteiger partial charge in [-0.2, -0.15) is 11.3 Å². The van der Waals surface area contributed by atoms with Crippen LogP contribution in [0.5, 0.6) is 0 Å². The Labute approximate surface area is 122 Å². The summed E-state index contributed by atoms with van der Waals surface area (Å²) in [7, 11) is 1.99. The molecule has 0 fully saturated rings. The van der Waals surface area contributed by atoms with Crippen molar-refractivity contribution >= 4 is 34.5 Å². The van der Waals surface area contributed by atoms with Crippen molar-refractivity contribution in [2.75, 3.05) is 7.05 Å². The number of halogens is 2. The molecule has 18 heavy (non-hydrogen) atoms. The third kappa shape index (κ3) is 3.07. The van der Waals surface area contributed by atoms with Crippen LogP contribution in [0.3, 0.4) is 0 Å². The number of nitrogens with one attached hydrogen (secondary N) is 1. The van der Waals surface area contributed by atoms with Gasteiger partial charge in [0, 0.05) is 6.04 Å². The predicted octanol–water partition coefficient (Wildman–Crippen LogP) is 4.87. The van der Waals surface area contributed by atoms with Gasteiger partial charge < -0.3 is 5.32 Å². The molecule has 0 aliphatic carbocycles. The Hall–Kier alpha value is -0.540. The fraction of sp³-hybridized carbons (Fsp3) is 0.286. The normalized spacial score (nSPS) is 12.7. The van der Waals surface area contributed by atoms with Crippen molar-refractivity contribution in [3.63, 3.8) is 0 Å². The molecule has 1 heterocycles. The first-order valence-corrected chi connectivity index (χ1v) is 7.45. The van der Waals surface area contributed by atoms with Crippen molar-refractivity contribution in [2.45, 2.75) is 19.4 Å². The summed E-state index contributed by atoms with van der Waals surface area (Å²) in [6.45, 7) is 2.14. The van der Waals surface area contributed by atoms with E-state index in [4.69, 9.17) is 23.2 Å². The highest BCUT2D eigenvalue weighted by Crippen LogP contribution is 2.28. The SMILES string of the molecule is CNC(Cc1ccc(Cl)c(Cl)c1)c1cscc1C. The first kappa shape index (κ1) is 13.9. The Morgan fingerprint density at radius 1 is 1.22 bits per heavy atom. The topological polar surface area (TPSA) is 12.0 Å². The first-order valence-electron chi connectivity index (χ1n) is 5.75. The van der Waals surface area contributed by atoms with E-state index in [9.17, 15) is 0 Å². The summed E-state index contributed by atoms with van der Waals surface area (Å²) in [5.74, 6) is 0. The maximum Gasteiger partial charge on any atom is 0.0595 e. The minimum atomic E-state index is 0.313. The van der Waals surface area contributed by atoms with E-state index in [1.54, 1.807) is 11.3 Å². The molecule has 0 amide bonds. The molecule has 1 N–H and O–H groups in total. The maximum absolute atomic E-state index is 6.05. The number of hydrogen-bond donors (Lipinski definition) is 1. The summed E-state index contributed by atoms with van der Waals surface area (Å²) >= 11 is 13.7. The van der Waals surface area contributed by atoms with Gasteiger partial charge in [-0.05, 0) is 60.0 Å². The van der Waals surface area contributed by atoms with Gasteiger partial charge in [0.1, 0.15) is 0 Å². The molecule has 0 saturated heterocycles. The summed E-state index contributed by atoms with van der Waals surface area (Å²) in [5, 5.41) is 8.96. The molecule has 96 valence electrons. The molecular weight excluding hydrogens is 285 g/mol. The van der Waals surface area contributed by atoms with E-state index in [1.165, 1.54) is 16.7 Å². The molecular formula is C14H15Cl2NS. The van der Waals surface area contributed by atoms with Crippen molar-refractivity contribution in [1.29, 1.82) is 0 Å². The van der Waals surface area contributed by atoms with Crippen molar-refractivity contribution in [1.82, 2.24) is 5.32 Å². The van der Waals surface area contributed by atoms with Crippen molar-refractivity contribution in [2.24, 2.45) is 0 Å². The zero-order chi connectivity index (χ0) is 13.1. The van der Waals surface area contributed by atoms with Crippen molar-refractivity contribution in [3.05, 3.63) is 55.7 Å². The monoisotopic (exact) mass is 299 g/mol. The van der Waals surface area contributed by atoms with Crippen molar-refractivity contribution < 1.29 is 0 Å². The van der Waals surface area contributed by atoms with Gasteiger partial charge in [0.15, 0.2) is 0 Å². The van der Waals surface area contributed by atoms with Crippen LogP contribution in [0.25, 0.3) is 0 Å². The lowest BCUT2D eigenvalue weighted by Gasteiger charge is -2.16. The number of benzene rings is 1. The third-order valence-electron chi connectivity index (χ3n) is 3.04. The van der Waals surface area contributed by atoms with Crippen LogP contribution in [0.1, 0.15) is 22.7 Å². The van der Waals surface area contributed by atoms with E-state index in [1.807, 2.05) is 25.2 Å². The molecule has 0 bridgehead atoms. The molecule has 2 aromatic rings. The van der Waals surface area contributed by atoms with Crippen LogP contribution < -0.4 is 5.32 Å². The summed E-state index contributed by atoms with van der Waals surface area (Å²) in [6, 6.07) is 6.14. The summed E-state index contributed by atoms with van der Waals surface area (Å²) < 4.78 is 0. The lowest BCUT2D eigenvalue weighted by molar-refractivity contribution is 0.591. The van der Waals surface area contributed by atoms with Gasteiger partial charge in [0.05, 0.1) is 10.0 Å². The minimum absolute atomic E-state index is 0.313. The fourth-order valence-corrected chi connectivity index (χ4v) is 3.22. The standard InChI is InChI=1S/C14H15Cl2NS/c1-9-7-18-8-11(9)14(17-2)6-10-3-4-12(15)13(16)5-10/h3-5,7-8,14,17H,6H2,1-2H3. The average molecular weight is 300 g/mol. The number of aryl methyl sites for hydroxylation is 1. The highest BCUT2D eigenvalue weighted by atomic mass is 35.5. The second-order valence-electron chi connectivity index (χ2n) is 4.30. The van der Waals surface area contributed by atoms with Crippen LogP contribution >= 0.6 is 34.5 Å². The summed E-state index contributed by atoms with van der Waals surface area (Å²) in [5.41, 5.74) is 3.88. The summed E-state index contributed by atoms with van der Waals surface area (Å²) in [4.78, 5) is 0. The highest BCUT2D eigenvalue weighted by molar-refractivity contribution is 7.08. The molecule has 4 heteroatoms. The molecule has 1 unspecified atom stereocenters. The van der Waals surface area contributed by atoms with Crippen LogP contribution in [0.15, 0.2) is 29.0 Å². The van der Waals surface area contributed by atoms with Crippen molar-refractivity contribution in [3.8, 4) is 0 Å². The lowest BCUT2D eigenvalue weighted by atomic mass is 9.99. The largest absolute Gasteiger partial charge is 0.313 e. The number of thiophene rings is 1. The quantitative estimate of drug-likeness (QED) is 0.849. The molecule has 0 aliphatic rings. The minimum Gasteiger partial charge on any atom is -0.313 e. The second kappa shape index (κ2) is 6.07. The number of hydrogen-bond acceptors (Lipinski definition) is 2. The Bertz CT molecular complexity index is 536. The molecule has 0 saturated carbocycles. The predicted molar refractivity (Wildman–Crippen MR) is 81.0 cm³/mol. The van der Waals surface area contributed by atoms with Crippen LogP contribution in [0.2, 0.25) is 10.0 Å². The number of rotatable bonds is 4. The van der Waals surface area contributed by atoms with Gasteiger partial charge in [0.25, 0.3) is 0 Å². The van der Waals surface area contributed by atoms with Crippen LogP contribution in [0.4, 0.5) is 0 Å². The molecule has 0 aliphatic heterocycles. The summed E-state index contributed by atoms with van der Waals surface area (Å²) in [6.07, 6.45) is 0.908. The molecule has 1 aromatic carbocycles. The van der Waals surface area contributed by atoms with Gasteiger partial charge in [-0.25, -0.2) is 0 Å². The molecule has 1 aromatic heterocycles. The first-order chi connectivity index (χ1) is 8.61. The lowest BCUT2D eigenvalue weighted by Crippen LogP contribution is -2.19. The van der Waals surface area contributed by atoms with Gasteiger partial charge in [-0.3, -0.25) is 0 Å². The Morgan fingerprint density at radius 3 is 2.56 bits per heavy atom.